The number of hydrogen-bond donors (Lipinski definition) is 3. The molecule has 0 aromatic carbocycles. The van der Waals surface area contributed by atoms with Crippen molar-refractivity contribution < 1.29 is 80.2 Å². The molecule has 0 aliphatic rings. The van der Waals surface area contributed by atoms with Gasteiger partial charge in [0.1, 0.15) is 19.3 Å². The van der Waals surface area contributed by atoms with Crippen molar-refractivity contribution >= 4 is 39.5 Å². The molecule has 19 heteroatoms. The van der Waals surface area contributed by atoms with E-state index in [1.807, 2.05) is 0 Å². The van der Waals surface area contributed by atoms with E-state index in [-0.39, 0.29) is 25.7 Å². The van der Waals surface area contributed by atoms with Crippen LogP contribution in [0, 0.1) is 11.8 Å². The van der Waals surface area contributed by atoms with Crippen LogP contribution in [-0.2, 0) is 65.4 Å². The normalized spacial score (nSPS) is 14.5. The minimum atomic E-state index is -4.95. The molecule has 0 aromatic heterocycles. The zero-order valence-corrected chi connectivity index (χ0v) is 58.8. The number of aliphatic hydroxyl groups excluding tert-OH is 1. The van der Waals surface area contributed by atoms with Crippen molar-refractivity contribution in [1.82, 2.24) is 0 Å². The molecule has 0 amide bonds. The van der Waals surface area contributed by atoms with E-state index in [4.69, 9.17) is 37.0 Å². The van der Waals surface area contributed by atoms with Gasteiger partial charge in [-0.1, -0.05) is 298 Å². The molecule has 6 atom stereocenters. The van der Waals surface area contributed by atoms with Crippen LogP contribution in [0.3, 0.4) is 0 Å². The number of aliphatic hydroxyl groups is 1. The van der Waals surface area contributed by atoms with Crippen LogP contribution >= 0.6 is 15.6 Å². The minimum Gasteiger partial charge on any atom is -0.462 e. The van der Waals surface area contributed by atoms with Gasteiger partial charge in [0.2, 0.25) is 0 Å². The van der Waals surface area contributed by atoms with Crippen LogP contribution in [0.15, 0.2) is 0 Å². The van der Waals surface area contributed by atoms with Gasteiger partial charge < -0.3 is 33.8 Å². The van der Waals surface area contributed by atoms with E-state index in [9.17, 15) is 43.2 Å². The summed E-state index contributed by atoms with van der Waals surface area (Å²) >= 11 is 0. The quantitative estimate of drug-likeness (QED) is 0.0222. The van der Waals surface area contributed by atoms with Gasteiger partial charge in [-0.2, -0.15) is 0 Å². The van der Waals surface area contributed by atoms with E-state index < -0.39 is 97.5 Å². The molecule has 0 heterocycles. The number of carbonyl (C=O) groups is 4. The molecule has 0 aliphatic carbocycles. The number of phosphoric acid groups is 2. The predicted octanol–water partition coefficient (Wildman–Crippen LogP) is 19.6. The molecule has 0 saturated heterocycles. The molecule has 0 radical (unpaired) electrons. The molecule has 88 heavy (non-hydrogen) atoms. The smallest absolute Gasteiger partial charge is 0.462 e. The lowest BCUT2D eigenvalue weighted by molar-refractivity contribution is -0.161. The maximum Gasteiger partial charge on any atom is 0.472 e. The van der Waals surface area contributed by atoms with E-state index in [1.54, 1.807) is 0 Å². The number of carbonyl (C=O) groups excluding carboxylic acids is 4. The van der Waals surface area contributed by atoms with E-state index >= 15 is 0 Å². The van der Waals surface area contributed by atoms with Crippen molar-refractivity contribution in [3.63, 3.8) is 0 Å². The van der Waals surface area contributed by atoms with E-state index in [2.05, 4.69) is 41.5 Å². The summed E-state index contributed by atoms with van der Waals surface area (Å²) in [7, 11) is -9.90. The van der Waals surface area contributed by atoms with Crippen molar-refractivity contribution in [3.05, 3.63) is 0 Å². The van der Waals surface area contributed by atoms with Gasteiger partial charge in [-0.05, 0) is 37.5 Å². The van der Waals surface area contributed by atoms with Crippen LogP contribution in [0.2, 0.25) is 0 Å². The van der Waals surface area contributed by atoms with E-state index in [0.29, 0.717) is 31.6 Å². The topological polar surface area (TPSA) is 237 Å². The largest absolute Gasteiger partial charge is 0.472 e. The summed E-state index contributed by atoms with van der Waals surface area (Å²) < 4.78 is 68.2. The van der Waals surface area contributed by atoms with E-state index in [1.165, 1.54) is 161 Å². The summed E-state index contributed by atoms with van der Waals surface area (Å²) in [6.07, 6.45) is 45.8. The van der Waals surface area contributed by atoms with Crippen LogP contribution in [0.1, 0.15) is 350 Å². The average Bonchev–Trinajstić information content (AvgIpc) is 3.55. The molecule has 0 bridgehead atoms. The fourth-order valence-electron chi connectivity index (χ4n) is 10.4. The Labute approximate surface area is 537 Å². The molecular weight excluding hydrogens is 1160 g/mol. The summed E-state index contributed by atoms with van der Waals surface area (Å²) in [6, 6.07) is 0. The molecule has 522 valence electrons. The summed E-state index contributed by atoms with van der Waals surface area (Å²) in [5.41, 5.74) is 0. The Morgan fingerprint density at radius 1 is 0.330 bits per heavy atom. The average molecular weight is 1300 g/mol. The third-order valence-electron chi connectivity index (χ3n) is 16.3. The first-order valence-electron chi connectivity index (χ1n) is 36.0. The first-order valence-corrected chi connectivity index (χ1v) is 39.0. The van der Waals surface area contributed by atoms with Gasteiger partial charge in [-0.25, -0.2) is 9.13 Å². The Balaban J connectivity index is 5.25. The molecule has 3 unspecified atom stereocenters. The maximum atomic E-state index is 13.0. The lowest BCUT2D eigenvalue weighted by Gasteiger charge is -2.21. The lowest BCUT2D eigenvalue weighted by atomic mass is 9.99. The highest BCUT2D eigenvalue weighted by Gasteiger charge is 2.30. The Morgan fingerprint density at radius 2 is 0.580 bits per heavy atom. The number of unbranched alkanes of at least 4 members (excludes halogenated alkanes) is 37. The fraction of sp³-hybridized carbons (Fsp3) is 0.942. The molecule has 0 rings (SSSR count). The number of esters is 4. The highest BCUT2D eigenvalue weighted by Crippen LogP contribution is 2.45. The maximum absolute atomic E-state index is 13.0. The third kappa shape index (κ3) is 61.6. The molecule has 0 saturated carbocycles. The number of ether oxygens (including phenoxy) is 4. The second-order valence-corrected chi connectivity index (χ2v) is 28.5. The van der Waals surface area contributed by atoms with Gasteiger partial charge in [0.15, 0.2) is 12.2 Å². The monoisotopic (exact) mass is 1300 g/mol. The van der Waals surface area contributed by atoms with Crippen molar-refractivity contribution in [2.75, 3.05) is 39.6 Å². The first-order chi connectivity index (χ1) is 42.4. The van der Waals surface area contributed by atoms with Crippen molar-refractivity contribution in [3.8, 4) is 0 Å². The third-order valence-corrected chi connectivity index (χ3v) is 18.2. The van der Waals surface area contributed by atoms with Crippen LogP contribution in [-0.4, -0.2) is 96.7 Å². The van der Waals surface area contributed by atoms with Crippen LogP contribution < -0.4 is 0 Å². The molecule has 0 fully saturated rings. The lowest BCUT2D eigenvalue weighted by Crippen LogP contribution is -2.30. The highest BCUT2D eigenvalue weighted by molar-refractivity contribution is 7.47. The summed E-state index contributed by atoms with van der Waals surface area (Å²) in [6.45, 7) is 9.46. The van der Waals surface area contributed by atoms with Gasteiger partial charge in [-0.15, -0.1) is 0 Å². The number of rotatable bonds is 68. The second-order valence-electron chi connectivity index (χ2n) is 25.6. The molecule has 0 spiro atoms. The molecule has 0 aliphatic heterocycles. The summed E-state index contributed by atoms with van der Waals surface area (Å²) in [5, 5.41) is 10.6. The first kappa shape index (κ1) is 86.1. The van der Waals surface area contributed by atoms with Crippen LogP contribution in [0.4, 0.5) is 0 Å². The molecular formula is C69H134O17P2. The fourth-order valence-corrected chi connectivity index (χ4v) is 12.0. The molecule has 0 aromatic rings. The number of hydrogen-bond acceptors (Lipinski definition) is 15. The van der Waals surface area contributed by atoms with Gasteiger partial charge in [0.05, 0.1) is 26.4 Å². The van der Waals surface area contributed by atoms with Crippen molar-refractivity contribution in [2.24, 2.45) is 11.8 Å². The zero-order chi connectivity index (χ0) is 65.0. The Hall–Kier alpha value is -1.94. The van der Waals surface area contributed by atoms with Crippen LogP contribution in [0.25, 0.3) is 0 Å². The van der Waals surface area contributed by atoms with Crippen molar-refractivity contribution in [1.29, 1.82) is 0 Å². The zero-order valence-electron chi connectivity index (χ0n) is 57.0. The second kappa shape index (κ2) is 61.3. The van der Waals surface area contributed by atoms with Gasteiger partial charge >= 0.3 is 39.5 Å². The predicted molar refractivity (Wildman–Crippen MR) is 354 cm³/mol. The standard InChI is InChI=1S/C69H134O17P2/c1-7-10-12-14-16-18-20-22-24-26-28-33-41-47-53-68(73)85-64(57-79-66(71)51-45-39-32-27-25-23-21-19-17-15-13-11-8-2)59-83-87(75,76)81-55-63(70)56-82-88(77,78)84-60-65(58-80-67(72)52-46-40-36-35-37-43-49-61(4)5)86-69(74)54-48-42-34-30-29-31-38-44-50-62(6)9-3/h61-65,70H,7-60H2,1-6H3,(H,75,76)(H,77,78)/t62?,63-,64-,65-/m1/s1. The Bertz CT molecular complexity index is 1720. The summed E-state index contributed by atoms with van der Waals surface area (Å²) in [4.78, 5) is 72.5. The number of phosphoric ester groups is 2. The summed E-state index contributed by atoms with van der Waals surface area (Å²) in [5.74, 6) is -0.678. The molecule has 17 nitrogen and oxygen atoms in total. The Morgan fingerprint density at radius 3 is 0.864 bits per heavy atom. The Kier molecular flexibility index (Phi) is 59.9. The molecule has 3 N–H and O–H groups in total. The van der Waals surface area contributed by atoms with Crippen molar-refractivity contribution in [2.45, 2.75) is 368 Å². The SMILES string of the molecule is CCCCCCCCCCCCCCCCC(=O)O[C@H](COC(=O)CCCCCCCCCCCCCCC)COP(=O)(O)OC[C@@H](O)COP(=O)(O)OC[C@@H](COC(=O)CCCCCCCCC(C)C)OC(=O)CCCCCCCCCCC(C)CC. The minimum absolute atomic E-state index is 0.104. The highest BCUT2D eigenvalue weighted by atomic mass is 31.2. The van der Waals surface area contributed by atoms with Gasteiger partial charge in [0.25, 0.3) is 0 Å². The van der Waals surface area contributed by atoms with E-state index in [0.717, 1.165) is 102 Å². The van der Waals surface area contributed by atoms with Crippen LogP contribution in [0.5, 0.6) is 0 Å². The van der Waals surface area contributed by atoms with Gasteiger partial charge in [-0.3, -0.25) is 37.3 Å². The van der Waals surface area contributed by atoms with Gasteiger partial charge in [0, 0.05) is 25.7 Å².